The van der Waals surface area contributed by atoms with Crippen LogP contribution in [-0.2, 0) is 0 Å². The van der Waals surface area contributed by atoms with Crippen molar-refractivity contribution in [1.82, 2.24) is 0 Å². The Morgan fingerprint density at radius 1 is 0.944 bits per heavy atom. The molecule has 90 valence electrons. The van der Waals surface area contributed by atoms with Crippen LogP contribution in [0.1, 0.15) is 35.1 Å². The van der Waals surface area contributed by atoms with Crippen molar-refractivity contribution in [2.45, 2.75) is 19.8 Å². The first-order chi connectivity index (χ1) is 8.66. The number of fused-ring (bicyclic) bond motifs is 1. The van der Waals surface area contributed by atoms with E-state index in [1.807, 2.05) is 0 Å². The summed E-state index contributed by atoms with van der Waals surface area (Å²) in [6, 6.07) is 15.3. The molecule has 2 aromatic rings. The Kier molecular flexibility index (Phi) is 2.87. The molecule has 1 aliphatic carbocycles. The molecule has 0 fully saturated rings. The molecule has 0 saturated heterocycles. The Hall–Kier alpha value is -1.34. The number of halogens is 1. The van der Waals surface area contributed by atoms with E-state index in [2.05, 4.69) is 78.3 Å². The largest absolute Gasteiger partial charge is 0.0608 e. The van der Waals surface area contributed by atoms with Crippen LogP contribution in [0.3, 0.4) is 0 Å². The van der Waals surface area contributed by atoms with E-state index < -0.39 is 0 Å². The van der Waals surface area contributed by atoms with E-state index in [9.17, 15) is 0 Å². The Balaban J connectivity index is 2.13. The third kappa shape index (κ3) is 1.83. The number of rotatable bonds is 1. The molecule has 0 N–H and O–H groups in total. The first kappa shape index (κ1) is 11.7. The van der Waals surface area contributed by atoms with Gasteiger partial charge < -0.3 is 0 Å². The van der Waals surface area contributed by atoms with Gasteiger partial charge >= 0.3 is 0 Å². The second-order valence-corrected chi connectivity index (χ2v) is 5.83. The van der Waals surface area contributed by atoms with E-state index in [1.54, 1.807) is 0 Å². The van der Waals surface area contributed by atoms with Crippen LogP contribution < -0.4 is 0 Å². The maximum Gasteiger partial charge on any atom is 0.0305 e. The lowest BCUT2D eigenvalue weighted by atomic mass is 9.89. The fourth-order valence-corrected chi connectivity index (χ4v) is 3.21. The van der Waals surface area contributed by atoms with E-state index in [-0.39, 0.29) is 0 Å². The zero-order valence-electron chi connectivity index (χ0n) is 10.6. The maximum atomic E-state index is 3.64. The number of aryl methyl sites for hydroxylation is 1. The Morgan fingerprint density at radius 2 is 1.67 bits per heavy atom. The Bertz CT molecular complexity index is 621. The zero-order valence-corrected chi connectivity index (χ0v) is 12.2. The number of hydrogen-bond acceptors (Lipinski definition) is 0. The summed E-state index contributed by atoms with van der Waals surface area (Å²) in [6.45, 7) is 4.35. The first-order valence-electron chi connectivity index (χ1n) is 6.20. The summed E-state index contributed by atoms with van der Waals surface area (Å²) in [5, 5.41) is 0. The molecule has 1 unspecified atom stereocenters. The minimum absolute atomic E-state index is 0.415. The van der Waals surface area contributed by atoms with Crippen LogP contribution in [0.4, 0.5) is 0 Å². The maximum absolute atomic E-state index is 3.64. The molecular formula is C17H15Br. The molecule has 0 bridgehead atoms. The van der Waals surface area contributed by atoms with Gasteiger partial charge in [0, 0.05) is 10.4 Å². The van der Waals surface area contributed by atoms with Crippen molar-refractivity contribution in [2.75, 3.05) is 0 Å². The molecule has 0 nitrogen and oxygen atoms in total. The quantitative estimate of drug-likeness (QED) is 0.669. The topological polar surface area (TPSA) is 0 Å². The Morgan fingerprint density at radius 3 is 2.39 bits per heavy atom. The number of hydrogen-bond donors (Lipinski definition) is 0. The molecule has 3 rings (SSSR count). The molecule has 1 heteroatoms. The molecule has 18 heavy (non-hydrogen) atoms. The van der Waals surface area contributed by atoms with Crippen molar-refractivity contribution in [3.63, 3.8) is 0 Å². The average Bonchev–Trinajstić information content (AvgIpc) is 2.69. The third-order valence-electron chi connectivity index (χ3n) is 3.64. The van der Waals surface area contributed by atoms with Crippen molar-refractivity contribution >= 4 is 22.0 Å². The van der Waals surface area contributed by atoms with E-state index in [0.29, 0.717) is 5.92 Å². The minimum Gasteiger partial charge on any atom is -0.0608 e. The normalized spacial score (nSPS) is 17.5. The molecule has 2 aromatic carbocycles. The predicted molar refractivity (Wildman–Crippen MR) is 80.8 cm³/mol. The van der Waals surface area contributed by atoms with Crippen molar-refractivity contribution in [3.8, 4) is 0 Å². The van der Waals surface area contributed by atoms with Gasteiger partial charge in [-0.05, 0) is 36.6 Å². The second-order valence-electron chi connectivity index (χ2n) is 4.97. The van der Waals surface area contributed by atoms with Gasteiger partial charge in [-0.1, -0.05) is 69.5 Å². The van der Waals surface area contributed by atoms with Crippen molar-refractivity contribution in [1.29, 1.82) is 0 Å². The van der Waals surface area contributed by atoms with Gasteiger partial charge in [0.2, 0.25) is 0 Å². The summed E-state index contributed by atoms with van der Waals surface area (Å²) in [6.07, 6.45) is 2.30. The van der Waals surface area contributed by atoms with E-state index in [4.69, 9.17) is 0 Å². The van der Waals surface area contributed by atoms with Gasteiger partial charge in [0.15, 0.2) is 0 Å². The van der Waals surface area contributed by atoms with Gasteiger partial charge in [-0.15, -0.1) is 0 Å². The lowest BCUT2D eigenvalue weighted by Gasteiger charge is -2.15. The molecule has 0 saturated carbocycles. The van der Waals surface area contributed by atoms with E-state index in [0.717, 1.165) is 0 Å². The van der Waals surface area contributed by atoms with Gasteiger partial charge in [-0.25, -0.2) is 0 Å². The molecule has 1 aliphatic rings. The summed E-state index contributed by atoms with van der Waals surface area (Å²) in [5.41, 5.74) is 6.85. The van der Waals surface area contributed by atoms with Gasteiger partial charge in [-0.3, -0.25) is 0 Å². The monoisotopic (exact) mass is 298 g/mol. The third-order valence-corrected chi connectivity index (χ3v) is 4.33. The highest BCUT2D eigenvalue weighted by Crippen LogP contribution is 2.43. The SMILES string of the molecule is CC1=Cc2c(Br)cccc2C1c1ccc(C)cc1. The lowest BCUT2D eigenvalue weighted by Crippen LogP contribution is -1.99. The number of allylic oxidation sites excluding steroid dienone is 1. The van der Waals surface area contributed by atoms with Crippen LogP contribution in [0.5, 0.6) is 0 Å². The van der Waals surface area contributed by atoms with Gasteiger partial charge in [0.05, 0.1) is 0 Å². The highest BCUT2D eigenvalue weighted by Gasteiger charge is 2.24. The summed E-state index contributed by atoms with van der Waals surface area (Å²) in [7, 11) is 0. The molecular weight excluding hydrogens is 284 g/mol. The second kappa shape index (κ2) is 4.40. The fraction of sp³-hybridized carbons (Fsp3) is 0.176. The summed E-state index contributed by atoms with van der Waals surface area (Å²) in [5.74, 6) is 0.415. The van der Waals surface area contributed by atoms with Gasteiger partial charge in [0.25, 0.3) is 0 Å². The molecule has 0 aliphatic heterocycles. The predicted octanol–water partition coefficient (Wildman–Crippen LogP) is 5.31. The molecule has 0 aromatic heterocycles. The molecule has 0 radical (unpaired) electrons. The first-order valence-corrected chi connectivity index (χ1v) is 6.99. The fourth-order valence-electron chi connectivity index (χ4n) is 2.72. The summed E-state index contributed by atoms with van der Waals surface area (Å²) < 4.78 is 1.19. The van der Waals surface area contributed by atoms with Crippen LogP contribution in [0.2, 0.25) is 0 Å². The highest BCUT2D eigenvalue weighted by atomic mass is 79.9. The Labute approximate surface area is 116 Å². The molecule has 1 atom stereocenters. The highest BCUT2D eigenvalue weighted by molar-refractivity contribution is 9.10. The van der Waals surface area contributed by atoms with Crippen LogP contribution in [-0.4, -0.2) is 0 Å². The van der Waals surface area contributed by atoms with Crippen molar-refractivity contribution < 1.29 is 0 Å². The summed E-state index contributed by atoms with van der Waals surface area (Å²) in [4.78, 5) is 0. The molecule has 0 spiro atoms. The molecule has 0 amide bonds. The van der Waals surface area contributed by atoms with Crippen molar-refractivity contribution in [2.24, 2.45) is 0 Å². The minimum atomic E-state index is 0.415. The zero-order chi connectivity index (χ0) is 12.7. The van der Waals surface area contributed by atoms with Gasteiger partial charge in [0.1, 0.15) is 0 Å². The van der Waals surface area contributed by atoms with E-state index >= 15 is 0 Å². The van der Waals surface area contributed by atoms with Gasteiger partial charge in [-0.2, -0.15) is 0 Å². The van der Waals surface area contributed by atoms with E-state index in [1.165, 1.54) is 32.3 Å². The van der Waals surface area contributed by atoms with Crippen LogP contribution >= 0.6 is 15.9 Å². The van der Waals surface area contributed by atoms with Crippen molar-refractivity contribution in [3.05, 3.63) is 74.8 Å². The smallest absolute Gasteiger partial charge is 0.0305 e. The van der Waals surface area contributed by atoms with Crippen LogP contribution in [0, 0.1) is 6.92 Å². The lowest BCUT2D eigenvalue weighted by molar-refractivity contribution is 0.974. The average molecular weight is 299 g/mol. The van der Waals surface area contributed by atoms with Crippen LogP contribution in [0.25, 0.3) is 6.08 Å². The standard InChI is InChI=1S/C17H15Br/c1-11-6-8-13(9-7-11)17-12(2)10-15-14(17)4-3-5-16(15)18/h3-10,17H,1-2H3. The van der Waals surface area contributed by atoms with Crippen LogP contribution in [0.15, 0.2) is 52.5 Å². The molecule has 0 heterocycles. The summed E-state index contributed by atoms with van der Waals surface area (Å²) >= 11 is 3.64. The number of benzene rings is 2.